The van der Waals surface area contributed by atoms with E-state index in [4.69, 9.17) is 16.9 Å². The fraction of sp³-hybridized carbons (Fsp3) is 0.550. The highest BCUT2D eigenvalue weighted by atomic mass is 35.5. The fourth-order valence-corrected chi connectivity index (χ4v) is 4.58. The number of likely N-dealkylation sites (tertiary alicyclic amines) is 1. The van der Waals surface area contributed by atoms with Crippen molar-refractivity contribution in [1.29, 1.82) is 5.26 Å². The third-order valence-electron chi connectivity index (χ3n) is 5.76. The van der Waals surface area contributed by atoms with E-state index in [0.29, 0.717) is 28.6 Å². The van der Waals surface area contributed by atoms with Crippen LogP contribution in [0.5, 0.6) is 0 Å². The number of carbonyl (C=O) groups is 1. The second-order valence-corrected chi connectivity index (χ2v) is 8.38. The molecule has 2 aromatic rings. The number of rotatable bonds is 7. The second-order valence-electron chi connectivity index (χ2n) is 7.97. The number of fused-ring (bicyclic) bond motifs is 1. The summed E-state index contributed by atoms with van der Waals surface area (Å²) in [6, 6.07) is 2.19. The zero-order valence-corrected chi connectivity index (χ0v) is 17.6. The number of hydrogen-bond acceptors (Lipinski definition) is 7. The van der Waals surface area contributed by atoms with Gasteiger partial charge in [-0.05, 0) is 31.1 Å². The zero-order valence-electron chi connectivity index (χ0n) is 16.9. The lowest BCUT2D eigenvalue weighted by Gasteiger charge is -2.20. The highest BCUT2D eigenvalue weighted by molar-refractivity contribution is 6.32. The van der Waals surface area contributed by atoms with Crippen LogP contribution in [0.25, 0.3) is 0 Å². The summed E-state index contributed by atoms with van der Waals surface area (Å²) in [6.07, 6.45) is 8.14. The Morgan fingerprint density at radius 1 is 1.33 bits per heavy atom. The molecule has 30 heavy (non-hydrogen) atoms. The largest absolute Gasteiger partial charge is 0.366 e. The Morgan fingerprint density at radius 3 is 2.80 bits per heavy atom. The summed E-state index contributed by atoms with van der Waals surface area (Å²) in [5.41, 5.74) is 0.828. The molecular weight excluding hydrogens is 404 g/mol. The molecule has 2 aromatic heterocycles. The van der Waals surface area contributed by atoms with Crippen molar-refractivity contribution >= 4 is 35.0 Å². The molecular formula is C20H25ClN8O. The first kappa shape index (κ1) is 20.4. The Morgan fingerprint density at radius 2 is 2.10 bits per heavy atom. The van der Waals surface area contributed by atoms with E-state index in [2.05, 4.69) is 32.6 Å². The minimum absolute atomic E-state index is 0.0369. The average molecular weight is 429 g/mol. The van der Waals surface area contributed by atoms with Crippen molar-refractivity contribution in [2.75, 3.05) is 23.7 Å². The predicted octanol–water partition coefficient (Wildman–Crippen LogP) is 3.04. The third-order valence-corrected chi connectivity index (χ3v) is 6.04. The standard InChI is InChI=1S/C20H25ClN8O/c1-2-5-29-12-16(8-24-29)26-20-23-9-17(21)19(27-20)25-15-6-13-10-28(11-14(13)7-15)18(30)3-4-22/h8-9,12-15H,2-3,5-7,10-11H2,1H3,(H2,23,25,26,27). The molecule has 0 radical (unpaired) electrons. The summed E-state index contributed by atoms with van der Waals surface area (Å²) >= 11 is 6.33. The van der Waals surface area contributed by atoms with Gasteiger partial charge in [-0.25, -0.2) is 4.98 Å². The summed E-state index contributed by atoms with van der Waals surface area (Å²) in [7, 11) is 0. The van der Waals surface area contributed by atoms with Gasteiger partial charge in [-0.2, -0.15) is 15.3 Å². The van der Waals surface area contributed by atoms with Crippen LogP contribution in [0.4, 0.5) is 17.5 Å². The Hall–Kier alpha value is -2.86. The number of carbonyl (C=O) groups excluding carboxylic acids is 1. The van der Waals surface area contributed by atoms with Crippen LogP contribution in [-0.4, -0.2) is 49.7 Å². The van der Waals surface area contributed by atoms with E-state index in [-0.39, 0.29) is 18.4 Å². The van der Waals surface area contributed by atoms with E-state index >= 15 is 0 Å². The maximum atomic E-state index is 12.0. The molecule has 1 aliphatic heterocycles. The molecule has 2 atom stereocenters. The molecule has 2 unspecified atom stereocenters. The molecule has 3 heterocycles. The van der Waals surface area contributed by atoms with Crippen LogP contribution < -0.4 is 10.6 Å². The van der Waals surface area contributed by atoms with Gasteiger partial charge in [-0.15, -0.1) is 0 Å². The lowest BCUT2D eigenvalue weighted by atomic mass is 10.0. The van der Waals surface area contributed by atoms with Crippen molar-refractivity contribution in [2.45, 2.75) is 45.2 Å². The Kier molecular flexibility index (Phi) is 6.04. The topological polar surface area (TPSA) is 112 Å². The van der Waals surface area contributed by atoms with Gasteiger partial charge in [0.25, 0.3) is 0 Å². The normalized spacial score (nSPS) is 22.6. The van der Waals surface area contributed by atoms with E-state index in [1.807, 2.05) is 21.8 Å². The highest BCUT2D eigenvalue weighted by Gasteiger charge is 2.42. The Labute approximate surface area is 180 Å². The quantitative estimate of drug-likeness (QED) is 0.696. The summed E-state index contributed by atoms with van der Waals surface area (Å²) < 4.78 is 1.87. The Balaban J connectivity index is 1.36. The summed E-state index contributed by atoms with van der Waals surface area (Å²) in [6.45, 7) is 4.43. The van der Waals surface area contributed by atoms with E-state index < -0.39 is 0 Å². The van der Waals surface area contributed by atoms with Crippen molar-refractivity contribution in [2.24, 2.45) is 11.8 Å². The molecule has 2 aliphatic rings. The maximum Gasteiger partial charge on any atom is 0.236 e. The minimum Gasteiger partial charge on any atom is -0.366 e. The predicted molar refractivity (Wildman–Crippen MR) is 113 cm³/mol. The molecule has 10 heteroatoms. The number of aryl methyl sites for hydroxylation is 1. The van der Waals surface area contributed by atoms with Crippen molar-refractivity contribution in [3.8, 4) is 6.07 Å². The van der Waals surface area contributed by atoms with Crippen molar-refractivity contribution in [3.63, 3.8) is 0 Å². The number of anilines is 3. The van der Waals surface area contributed by atoms with Crippen molar-refractivity contribution < 1.29 is 4.79 Å². The number of nitrogens with one attached hydrogen (secondary N) is 2. The lowest BCUT2D eigenvalue weighted by molar-refractivity contribution is -0.129. The van der Waals surface area contributed by atoms with E-state index in [1.165, 1.54) is 0 Å². The van der Waals surface area contributed by atoms with Gasteiger partial charge in [0.1, 0.15) is 11.4 Å². The highest BCUT2D eigenvalue weighted by Crippen LogP contribution is 2.40. The van der Waals surface area contributed by atoms with Crippen LogP contribution in [0, 0.1) is 23.2 Å². The summed E-state index contributed by atoms with van der Waals surface area (Å²) in [5.74, 6) is 1.91. The summed E-state index contributed by atoms with van der Waals surface area (Å²) in [5, 5.41) is 20.1. The van der Waals surface area contributed by atoms with Crippen LogP contribution in [-0.2, 0) is 11.3 Å². The van der Waals surface area contributed by atoms with Gasteiger partial charge in [0.05, 0.1) is 24.2 Å². The molecule has 0 aromatic carbocycles. The fourth-order valence-electron chi connectivity index (χ4n) is 4.43. The maximum absolute atomic E-state index is 12.0. The van der Waals surface area contributed by atoms with Gasteiger partial charge in [0.2, 0.25) is 11.9 Å². The van der Waals surface area contributed by atoms with E-state index in [0.717, 1.165) is 44.6 Å². The first-order valence-corrected chi connectivity index (χ1v) is 10.7. The zero-order chi connectivity index (χ0) is 21.1. The molecule has 2 N–H and O–H groups in total. The van der Waals surface area contributed by atoms with Crippen LogP contribution >= 0.6 is 11.6 Å². The molecule has 1 aliphatic carbocycles. The van der Waals surface area contributed by atoms with Gasteiger partial charge in [0, 0.05) is 31.9 Å². The van der Waals surface area contributed by atoms with Gasteiger partial charge in [-0.1, -0.05) is 18.5 Å². The first-order chi connectivity index (χ1) is 14.6. The molecule has 158 valence electrons. The SMILES string of the molecule is CCCn1cc(Nc2ncc(Cl)c(NC3CC4CN(C(=O)CC#N)CC4C3)n2)cn1. The van der Waals surface area contributed by atoms with E-state index in [9.17, 15) is 4.79 Å². The third kappa shape index (κ3) is 4.49. The number of halogens is 1. The molecule has 1 amide bonds. The molecule has 2 fully saturated rings. The lowest BCUT2D eigenvalue weighted by Crippen LogP contribution is -2.30. The van der Waals surface area contributed by atoms with E-state index in [1.54, 1.807) is 12.4 Å². The molecule has 9 nitrogen and oxygen atoms in total. The molecule has 4 rings (SSSR count). The van der Waals surface area contributed by atoms with Gasteiger partial charge < -0.3 is 15.5 Å². The Bertz CT molecular complexity index is 941. The average Bonchev–Trinajstić information content (AvgIpc) is 3.40. The number of hydrogen-bond donors (Lipinski definition) is 2. The van der Waals surface area contributed by atoms with Gasteiger partial charge >= 0.3 is 0 Å². The van der Waals surface area contributed by atoms with Crippen molar-refractivity contribution in [3.05, 3.63) is 23.6 Å². The number of aromatic nitrogens is 4. The number of amides is 1. The van der Waals surface area contributed by atoms with Crippen LogP contribution in [0.1, 0.15) is 32.6 Å². The van der Waals surface area contributed by atoms with Crippen LogP contribution in [0.15, 0.2) is 18.6 Å². The smallest absolute Gasteiger partial charge is 0.236 e. The number of nitriles is 1. The van der Waals surface area contributed by atoms with Crippen molar-refractivity contribution in [1.82, 2.24) is 24.6 Å². The van der Waals surface area contributed by atoms with Gasteiger partial charge in [-0.3, -0.25) is 9.48 Å². The molecule has 0 spiro atoms. The first-order valence-electron chi connectivity index (χ1n) is 10.3. The summed E-state index contributed by atoms with van der Waals surface area (Å²) in [4.78, 5) is 22.6. The van der Waals surface area contributed by atoms with Crippen LogP contribution in [0.2, 0.25) is 5.02 Å². The molecule has 1 saturated carbocycles. The van der Waals surface area contributed by atoms with Gasteiger partial charge in [0.15, 0.2) is 5.82 Å². The monoisotopic (exact) mass is 428 g/mol. The molecule has 0 bridgehead atoms. The molecule has 1 saturated heterocycles. The second kappa shape index (κ2) is 8.88. The minimum atomic E-state index is -0.0618. The number of nitrogens with zero attached hydrogens (tertiary/aromatic N) is 6. The van der Waals surface area contributed by atoms with Crippen LogP contribution in [0.3, 0.4) is 0 Å².